The Labute approximate surface area is 59.3 Å². The molecular formula is C6H15NOS. The zero-order chi connectivity index (χ0) is 7.44. The molecule has 2 N–H and O–H groups in total. The van der Waals surface area contributed by atoms with Gasteiger partial charge in [0.25, 0.3) is 0 Å². The van der Waals surface area contributed by atoms with Crippen LogP contribution in [0.15, 0.2) is 0 Å². The minimum atomic E-state index is -0.742. The van der Waals surface area contributed by atoms with Crippen LogP contribution in [0.3, 0.4) is 0 Å². The molecule has 0 aliphatic carbocycles. The van der Waals surface area contributed by atoms with E-state index in [1.54, 1.807) is 0 Å². The van der Waals surface area contributed by atoms with Crippen LogP contribution in [0.1, 0.15) is 20.8 Å². The molecule has 0 saturated carbocycles. The predicted molar refractivity (Wildman–Crippen MR) is 41.8 cm³/mol. The van der Waals surface area contributed by atoms with E-state index >= 15 is 0 Å². The van der Waals surface area contributed by atoms with Crippen LogP contribution < -0.4 is 5.73 Å². The van der Waals surface area contributed by atoms with Crippen LogP contribution in [-0.2, 0) is 10.8 Å². The summed E-state index contributed by atoms with van der Waals surface area (Å²) in [6.45, 7) is 6.32. The lowest BCUT2D eigenvalue weighted by Crippen LogP contribution is -2.26. The summed E-state index contributed by atoms with van der Waals surface area (Å²) < 4.78 is 11.1. The highest BCUT2D eigenvalue weighted by Gasteiger charge is 2.11. The van der Waals surface area contributed by atoms with E-state index < -0.39 is 10.8 Å². The van der Waals surface area contributed by atoms with Gasteiger partial charge >= 0.3 is 0 Å². The zero-order valence-electron chi connectivity index (χ0n) is 6.26. The van der Waals surface area contributed by atoms with Crippen LogP contribution >= 0.6 is 0 Å². The van der Waals surface area contributed by atoms with Gasteiger partial charge in [-0.3, -0.25) is 4.21 Å². The van der Waals surface area contributed by atoms with E-state index in [1.165, 1.54) is 0 Å². The average molecular weight is 149 g/mol. The fraction of sp³-hybridized carbons (Fsp3) is 1.00. The summed E-state index contributed by atoms with van der Waals surface area (Å²) in [5, 5.41) is 0.383. The van der Waals surface area contributed by atoms with Gasteiger partial charge in [0.05, 0.1) is 0 Å². The summed E-state index contributed by atoms with van der Waals surface area (Å²) in [6, 6.07) is 0. The van der Waals surface area contributed by atoms with Gasteiger partial charge in [-0.1, -0.05) is 13.8 Å². The van der Waals surface area contributed by atoms with E-state index in [-0.39, 0.29) is 10.5 Å². The summed E-state index contributed by atoms with van der Waals surface area (Å²) in [6.07, 6.45) is 0. The van der Waals surface area contributed by atoms with Crippen LogP contribution in [0.4, 0.5) is 0 Å². The van der Waals surface area contributed by atoms with Crippen LogP contribution in [0, 0.1) is 0 Å². The summed E-state index contributed by atoms with van der Waals surface area (Å²) in [7, 11) is -0.742. The van der Waals surface area contributed by atoms with Gasteiger partial charge in [0.15, 0.2) is 0 Å². The Hall–Kier alpha value is 0.110. The minimum absolute atomic E-state index is 0.144. The van der Waals surface area contributed by atoms with Crippen LogP contribution in [-0.4, -0.2) is 21.3 Å². The lowest BCUT2D eigenvalue weighted by atomic mass is 10.5. The van der Waals surface area contributed by atoms with Gasteiger partial charge in [-0.05, 0) is 6.92 Å². The highest BCUT2D eigenvalue weighted by atomic mass is 32.2. The molecule has 0 amide bonds. The number of hydrogen-bond acceptors (Lipinski definition) is 2. The van der Waals surface area contributed by atoms with Crippen molar-refractivity contribution in [3.63, 3.8) is 0 Å². The molecule has 2 atom stereocenters. The molecule has 0 spiro atoms. The van der Waals surface area contributed by atoms with Gasteiger partial charge < -0.3 is 5.73 Å². The SMILES string of the molecule is CC(C)S(=O)C(C)CN. The molecule has 0 aromatic rings. The molecule has 2 unspecified atom stereocenters. The summed E-state index contributed by atoms with van der Waals surface area (Å²) in [4.78, 5) is 0. The molecule has 0 fully saturated rings. The third-order valence-corrected chi connectivity index (χ3v) is 3.11. The first kappa shape index (κ1) is 9.11. The monoisotopic (exact) mass is 149 g/mol. The Morgan fingerprint density at radius 3 is 2.00 bits per heavy atom. The minimum Gasteiger partial charge on any atom is -0.329 e. The highest BCUT2D eigenvalue weighted by molar-refractivity contribution is 7.86. The Kier molecular flexibility index (Phi) is 4.06. The Balaban J connectivity index is 3.73. The van der Waals surface area contributed by atoms with Crippen molar-refractivity contribution in [3.05, 3.63) is 0 Å². The maximum atomic E-state index is 11.1. The standard InChI is InChI=1S/C6H15NOS/c1-5(2)9(8)6(3)4-7/h5-6H,4,7H2,1-3H3. The van der Waals surface area contributed by atoms with Crippen molar-refractivity contribution in [2.24, 2.45) is 5.73 Å². The van der Waals surface area contributed by atoms with E-state index in [4.69, 9.17) is 5.73 Å². The fourth-order valence-corrected chi connectivity index (χ4v) is 1.68. The first-order chi connectivity index (χ1) is 4.09. The van der Waals surface area contributed by atoms with E-state index in [1.807, 2.05) is 20.8 Å². The molecule has 3 heteroatoms. The first-order valence-electron chi connectivity index (χ1n) is 3.19. The van der Waals surface area contributed by atoms with Crippen molar-refractivity contribution in [2.75, 3.05) is 6.54 Å². The largest absolute Gasteiger partial charge is 0.329 e. The lowest BCUT2D eigenvalue weighted by molar-refractivity contribution is 0.666. The van der Waals surface area contributed by atoms with Crippen LogP contribution in [0.5, 0.6) is 0 Å². The van der Waals surface area contributed by atoms with Gasteiger partial charge in [0, 0.05) is 27.8 Å². The maximum absolute atomic E-state index is 11.1. The highest BCUT2D eigenvalue weighted by Crippen LogP contribution is 2.00. The Morgan fingerprint density at radius 2 is 1.89 bits per heavy atom. The van der Waals surface area contributed by atoms with Crippen molar-refractivity contribution >= 4 is 10.8 Å². The van der Waals surface area contributed by atoms with Crippen molar-refractivity contribution in [1.82, 2.24) is 0 Å². The van der Waals surface area contributed by atoms with Crippen LogP contribution in [0.2, 0.25) is 0 Å². The van der Waals surface area contributed by atoms with Crippen molar-refractivity contribution in [3.8, 4) is 0 Å². The molecule has 0 rings (SSSR count). The molecular weight excluding hydrogens is 134 g/mol. The second kappa shape index (κ2) is 4.01. The van der Waals surface area contributed by atoms with E-state index in [9.17, 15) is 4.21 Å². The molecule has 0 saturated heterocycles. The van der Waals surface area contributed by atoms with E-state index in [2.05, 4.69) is 0 Å². The fourth-order valence-electron chi connectivity index (χ4n) is 0.559. The van der Waals surface area contributed by atoms with Gasteiger partial charge in [-0.25, -0.2) is 0 Å². The predicted octanol–water partition coefficient (Wildman–Crippen LogP) is 0.491. The number of rotatable bonds is 3. The Morgan fingerprint density at radius 1 is 1.44 bits per heavy atom. The second-order valence-electron chi connectivity index (χ2n) is 2.42. The normalized spacial score (nSPS) is 17.9. The summed E-state index contributed by atoms with van der Waals surface area (Å²) >= 11 is 0. The van der Waals surface area contributed by atoms with Crippen molar-refractivity contribution in [1.29, 1.82) is 0 Å². The summed E-state index contributed by atoms with van der Waals surface area (Å²) in [5.41, 5.74) is 5.32. The maximum Gasteiger partial charge on any atom is 0.0444 e. The van der Waals surface area contributed by atoms with Crippen molar-refractivity contribution < 1.29 is 4.21 Å². The average Bonchev–Trinajstić information content (AvgIpc) is 1.84. The number of hydrogen-bond donors (Lipinski definition) is 1. The third kappa shape index (κ3) is 2.96. The molecule has 0 bridgehead atoms. The second-order valence-corrected chi connectivity index (χ2v) is 4.83. The van der Waals surface area contributed by atoms with Crippen molar-refractivity contribution in [2.45, 2.75) is 31.3 Å². The zero-order valence-corrected chi connectivity index (χ0v) is 7.07. The molecule has 0 radical (unpaired) electrons. The topological polar surface area (TPSA) is 43.1 Å². The molecule has 56 valence electrons. The molecule has 0 aromatic carbocycles. The molecule has 0 aliphatic heterocycles. The van der Waals surface area contributed by atoms with Gasteiger partial charge in [0.2, 0.25) is 0 Å². The molecule has 0 heterocycles. The Bertz CT molecular complexity index is 103. The van der Waals surface area contributed by atoms with E-state index in [0.717, 1.165) is 0 Å². The molecule has 9 heavy (non-hydrogen) atoms. The summed E-state index contributed by atoms with van der Waals surface area (Å²) in [5.74, 6) is 0. The quantitative estimate of drug-likeness (QED) is 0.634. The smallest absolute Gasteiger partial charge is 0.0444 e. The van der Waals surface area contributed by atoms with Gasteiger partial charge in [-0.15, -0.1) is 0 Å². The molecule has 0 aliphatic rings. The molecule has 0 aromatic heterocycles. The number of nitrogens with two attached hydrogens (primary N) is 1. The van der Waals surface area contributed by atoms with E-state index in [0.29, 0.717) is 6.54 Å². The van der Waals surface area contributed by atoms with Gasteiger partial charge in [-0.2, -0.15) is 0 Å². The van der Waals surface area contributed by atoms with Crippen LogP contribution in [0.25, 0.3) is 0 Å². The first-order valence-corrected chi connectivity index (χ1v) is 4.46. The molecule has 2 nitrogen and oxygen atoms in total. The lowest BCUT2D eigenvalue weighted by Gasteiger charge is -2.10. The third-order valence-electron chi connectivity index (χ3n) is 1.19. The van der Waals surface area contributed by atoms with Gasteiger partial charge in [0.1, 0.15) is 0 Å².